The molecule has 0 aliphatic carbocycles. The number of carboxylic acid groups (broad SMARTS) is 1. The van der Waals surface area contributed by atoms with Crippen LogP contribution in [0, 0.1) is 0 Å². The molecule has 1 aliphatic heterocycles. The van der Waals surface area contributed by atoms with Crippen molar-refractivity contribution in [1.29, 1.82) is 0 Å². The number of piperidine rings is 1. The van der Waals surface area contributed by atoms with Crippen LogP contribution in [-0.2, 0) is 7.05 Å². The van der Waals surface area contributed by atoms with Crippen LogP contribution in [0.4, 0.5) is 5.13 Å². The van der Waals surface area contributed by atoms with Gasteiger partial charge in [-0.25, -0.2) is 9.78 Å². The van der Waals surface area contributed by atoms with Crippen molar-refractivity contribution in [3.8, 4) is 0 Å². The lowest BCUT2D eigenvalue weighted by atomic mass is 9.92. The van der Waals surface area contributed by atoms with Crippen LogP contribution in [0.3, 0.4) is 0 Å². The van der Waals surface area contributed by atoms with Crippen LogP contribution < -0.4 is 4.90 Å². The number of hydrogen-bond acceptors (Lipinski definition) is 5. The Balaban J connectivity index is 1.64. The first-order chi connectivity index (χ1) is 9.63. The van der Waals surface area contributed by atoms with Crippen molar-refractivity contribution in [2.45, 2.75) is 18.8 Å². The van der Waals surface area contributed by atoms with Crippen molar-refractivity contribution in [3.05, 3.63) is 29.0 Å². The van der Waals surface area contributed by atoms with Crippen molar-refractivity contribution < 1.29 is 9.90 Å². The lowest BCUT2D eigenvalue weighted by Crippen LogP contribution is -2.32. The fourth-order valence-corrected chi connectivity index (χ4v) is 3.37. The van der Waals surface area contributed by atoms with Crippen molar-refractivity contribution in [2.75, 3.05) is 18.0 Å². The van der Waals surface area contributed by atoms with Crippen molar-refractivity contribution >= 4 is 22.4 Å². The van der Waals surface area contributed by atoms with Crippen molar-refractivity contribution in [1.82, 2.24) is 14.8 Å². The van der Waals surface area contributed by atoms with E-state index in [0.717, 1.165) is 31.1 Å². The zero-order valence-electron chi connectivity index (χ0n) is 11.2. The standard InChI is InChI=1S/C13H16N4O2S/c1-16-8-10(6-15-16)9-2-4-17(5-3-9)13-14-7-11(20-13)12(18)19/h6-9H,2-5H2,1H3,(H,18,19). The predicted octanol–water partition coefficient (Wildman–Crippen LogP) is 1.96. The van der Waals surface area contributed by atoms with Crippen LogP contribution in [-0.4, -0.2) is 38.9 Å². The topological polar surface area (TPSA) is 71.2 Å². The Morgan fingerprint density at radius 1 is 1.40 bits per heavy atom. The predicted molar refractivity (Wildman–Crippen MR) is 76.5 cm³/mol. The van der Waals surface area contributed by atoms with Gasteiger partial charge in [-0.2, -0.15) is 5.10 Å². The maximum absolute atomic E-state index is 10.9. The lowest BCUT2D eigenvalue weighted by Gasteiger charge is -2.31. The van der Waals surface area contributed by atoms with Gasteiger partial charge in [0.15, 0.2) is 5.13 Å². The number of aromatic nitrogens is 3. The minimum absolute atomic E-state index is 0.300. The van der Waals surface area contributed by atoms with Crippen molar-refractivity contribution in [2.24, 2.45) is 7.05 Å². The van der Waals surface area contributed by atoms with Crippen LogP contribution in [0.5, 0.6) is 0 Å². The van der Waals surface area contributed by atoms with Gasteiger partial charge in [0.25, 0.3) is 0 Å². The Kier molecular flexibility index (Phi) is 3.43. The molecule has 0 radical (unpaired) electrons. The lowest BCUT2D eigenvalue weighted by molar-refractivity contribution is 0.0702. The van der Waals surface area contributed by atoms with Gasteiger partial charge >= 0.3 is 5.97 Å². The molecule has 1 aliphatic rings. The maximum Gasteiger partial charge on any atom is 0.347 e. The molecule has 0 spiro atoms. The number of hydrogen-bond donors (Lipinski definition) is 1. The van der Waals surface area contributed by atoms with E-state index in [0.29, 0.717) is 10.8 Å². The van der Waals surface area contributed by atoms with Crippen molar-refractivity contribution in [3.63, 3.8) is 0 Å². The third-order valence-corrected chi connectivity index (χ3v) is 4.71. The summed E-state index contributed by atoms with van der Waals surface area (Å²) in [4.78, 5) is 17.6. The van der Waals surface area contributed by atoms with Gasteiger partial charge in [-0.3, -0.25) is 4.68 Å². The average Bonchev–Trinajstić information content (AvgIpc) is 3.08. The summed E-state index contributed by atoms with van der Waals surface area (Å²) in [5.41, 5.74) is 1.29. The van der Waals surface area contributed by atoms with Gasteiger partial charge in [0.1, 0.15) is 4.88 Å². The summed E-state index contributed by atoms with van der Waals surface area (Å²) in [7, 11) is 1.93. The van der Waals surface area contributed by atoms with Crippen LogP contribution in [0.15, 0.2) is 18.6 Å². The third kappa shape index (κ3) is 2.53. The second-order valence-electron chi connectivity index (χ2n) is 5.02. The molecule has 2 aromatic heterocycles. The molecule has 0 bridgehead atoms. The van der Waals surface area contributed by atoms with Crippen LogP contribution in [0.2, 0.25) is 0 Å². The third-order valence-electron chi connectivity index (χ3n) is 3.67. The highest BCUT2D eigenvalue weighted by molar-refractivity contribution is 7.17. The average molecular weight is 292 g/mol. The van der Waals surface area contributed by atoms with E-state index in [1.165, 1.54) is 23.1 Å². The zero-order valence-corrected chi connectivity index (χ0v) is 12.0. The number of carboxylic acids is 1. The summed E-state index contributed by atoms with van der Waals surface area (Å²) in [6.07, 6.45) is 7.55. The molecule has 6 nitrogen and oxygen atoms in total. The molecule has 2 aromatic rings. The highest BCUT2D eigenvalue weighted by Gasteiger charge is 2.23. The van der Waals surface area contributed by atoms with E-state index in [1.54, 1.807) is 0 Å². The quantitative estimate of drug-likeness (QED) is 0.936. The number of rotatable bonds is 3. The molecule has 7 heteroatoms. The first-order valence-corrected chi connectivity index (χ1v) is 7.38. The number of nitrogens with zero attached hydrogens (tertiary/aromatic N) is 4. The molecule has 20 heavy (non-hydrogen) atoms. The highest BCUT2D eigenvalue weighted by atomic mass is 32.1. The molecule has 0 atom stereocenters. The van der Waals surface area contributed by atoms with Gasteiger partial charge in [0.2, 0.25) is 0 Å². The molecule has 1 N–H and O–H groups in total. The van der Waals surface area contributed by atoms with Gasteiger partial charge in [0, 0.05) is 26.3 Å². The summed E-state index contributed by atoms with van der Waals surface area (Å²) in [5, 5.41) is 14.0. The number of aromatic carboxylic acids is 1. The van der Waals surface area contributed by atoms with E-state index >= 15 is 0 Å². The first kappa shape index (κ1) is 13.1. The number of carbonyl (C=O) groups is 1. The zero-order chi connectivity index (χ0) is 14.1. The minimum atomic E-state index is -0.904. The molecule has 0 aromatic carbocycles. The van der Waals surface area contributed by atoms with Gasteiger partial charge in [-0.15, -0.1) is 0 Å². The van der Waals surface area contributed by atoms with Crippen LogP contribution in [0.25, 0.3) is 0 Å². The molecular weight excluding hydrogens is 276 g/mol. The molecule has 0 unspecified atom stereocenters. The van der Waals surface area contributed by atoms with E-state index in [4.69, 9.17) is 5.11 Å². The van der Waals surface area contributed by atoms with Crippen LogP contribution >= 0.6 is 11.3 Å². The Hall–Kier alpha value is -1.89. The molecular formula is C13H16N4O2S. The summed E-state index contributed by atoms with van der Waals surface area (Å²) in [5.74, 6) is -0.363. The summed E-state index contributed by atoms with van der Waals surface area (Å²) < 4.78 is 1.83. The smallest absolute Gasteiger partial charge is 0.347 e. The summed E-state index contributed by atoms with van der Waals surface area (Å²) >= 11 is 1.25. The molecule has 3 rings (SSSR count). The second kappa shape index (κ2) is 5.24. The van der Waals surface area contributed by atoms with Gasteiger partial charge in [0.05, 0.1) is 12.4 Å². The SMILES string of the molecule is Cn1cc(C2CCN(c3ncc(C(=O)O)s3)CC2)cn1. The number of aryl methyl sites for hydroxylation is 1. The number of thiazole rings is 1. The molecule has 1 fully saturated rings. The monoisotopic (exact) mass is 292 g/mol. The van der Waals surface area contributed by atoms with E-state index in [9.17, 15) is 4.79 Å². The molecule has 0 saturated carbocycles. The fraction of sp³-hybridized carbons (Fsp3) is 0.462. The molecule has 3 heterocycles. The second-order valence-corrected chi connectivity index (χ2v) is 6.03. The Morgan fingerprint density at radius 2 is 2.15 bits per heavy atom. The molecule has 106 valence electrons. The minimum Gasteiger partial charge on any atom is -0.477 e. The van der Waals surface area contributed by atoms with Gasteiger partial charge in [-0.05, 0) is 24.3 Å². The highest BCUT2D eigenvalue weighted by Crippen LogP contribution is 2.31. The van der Waals surface area contributed by atoms with Gasteiger partial charge in [-0.1, -0.05) is 11.3 Å². The van der Waals surface area contributed by atoms with E-state index in [-0.39, 0.29) is 0 Å². The number of anilines is 1. The molecule has 0 amide bonds. The Labute approximate surface area is 120 Å². The van der Waals surface area contributed by atoms with Gasteiger partial charge < -0.3 is 10.0 Å². The maximum atomic E-state index is 10.9. The first-order valence-electron chi connectivity index (χ1n) is 6.56. The Bertz CT molecular complexity index is 613. The molecule has 1 saturated heterocycles. The normalized spacial score (nSPS) is 16.6. The van der Waals surface area contributed by atoms with E-state index in [2.05, 4.69) is 21.2 Å². The van der Waals surface area contributed by atoms with Crippen LogP contribution in [0.1, 0.15) is 34.0 Å². The van der Waals surface area contributed by atoms with E-state index < -0.39 is 5.97 Å². The largest absolute Gasteiger partial charge is 0.477 e. The summed E-state index contributed by atoms with van der Waals surface area (Å²) in [6, 6.07) is 0. The summed E-state index contributed by atoms with van der Waals surface area (Å²) in [6.45, 7) is 1.82. The fourth-order valence-electron chi connectivity index (χ4n) is 2.57. The Morgan fingerprint density at radius 3 is 2.70 bits per heavy atom. The van der Waals surface area contributed by atoms with E-state index in [1.807, 2.05) is 17.9 Å².